The van der Waals surface area contributed by atoms with Gasteiger partial charge in [-0.05, 0) is 0 Å². The van der Waals surface area contributed by atoms with Crippen molar-refractivity contribution in [1.29, 1.82) is 0 Å². The molecule has 0 fully saturated rings. The van der Waals surface area contributed by atoms with Gasteiger partial charge in [0.25, 0.3) is 0 Å². The first-order valence-corrected chi connectivity index (χ1v) is 0. The van der Waals surface area contributed by atoms with Crippen LogP contribution in [0.1, 0.15) is 0 Å². The molecule has 0 aliphatic carbocycles. The van der Waals surface area contributed by atoms with Crippen LogP contribution < -0.4 is 95.9 Å². The molecule has 0 amide bonds. The van der Waals surface area contributed by atoms with Crippen molar-refractivity contribution in [2.75, 3.05) is 0 Å². The Morgan fingerprint density at radius 2 is 0.500 bits per heavy atom. The van der Waals surface area contributed by atoms with E-state index in [1.807, 2.05) is 0 Å². The minimum Gasteiger partial charge on any atom is -1.00 e. The molecule has 1 nitrogen and oxygen atoms in total. The minimum atomic E-state index is 0. The molecular formula is H2I4MoO-. The topological polar surface area (TPSA) is 31.5 Å². The van der Waals surface area contributed by atoms with Gasteiger partial charge < -0.3 is 101 Å². The van der Waals surface area contributed by atoms with Gasteiger partial charge >= 0.3 is 21.1 Å². The number of halogens is 4. The molecule has 43 valence electrons. The molecule has 0 saturated carbocycles. The van der Waals surface area contributed by atoms with Crippen LogP contribution in [0.15, 0.2) is 0 Å². The molecule has 1 radical (unpaired) electrons. The Hall–Kier alpha value is 3.57. The van der Waals surface area contributed by atoms with Crippen molar-refractivity contribution in [1.82, 2.24) is 0 Å². The SMILES string of the molecule is O.[I-].[I-].[I-].[I-].[Mo+3]. The third-order valence-corrected chi connectivity index (χ3v) is 0. The van der Waals surface area contributed by atoms with Gasteiger partial charge in [-0.15, -0.1) is 0 Å². The molecule has 0 unspecified atom stereocenters. The van der Waals surface area contributed by atoms with E-state index in [0.717, 1.165) is 0 Å². The zero-order valence-electron chi connectivity index (χ0n) is 2.42. The van der Waals surface area contributed by atoms with Crippen LogP contribution >= 0.6 is 0 Å². The van der Waals surface area contributed by atoms with E-state index < -0.39 is 0 Å². The molecule has 2 N–H and O–H groups in total. The maximum Gasteiger partial charge on any atom is 3.00 e. The van der Waals surface area contributed by atoms with Crippen LogP contribution in [-0.4, -0.2) is 5.48 Å². The first-order valence-electron chi connectivity index (χ1n) is 0. The second kappa shape index (κ2) is 38.5. The summed E-state index contributed by atoms with van der Waals surface area (Å²) in [5.74, 6) is 0. The fourth-order valence-electron chi connectivity index (χ4n) is 0. The fraction of sp³-hybridized carbons (Fsp3) is 0. The summed E-state index contributed by atoms with van der Waals surface area (Å²) in [4.78, 5) is 0. The van der Waals surface area contributed by atoms with Gasteiger partial charge in [0.1, 0.15) is 0 Å². The Morgan fingerprint density at radius 3 is 0.500 bits per heavy atom. The van der Waals surface area contributed by atoms with Gasteiger partial charge in [0.15, 0.2) is 0 Å². The van der Waals surface area contributed by atoms with Gasteiger partial charge in [0.2, 0.25) is 0 Å². The Kier molecular flexibility index (Phi) is 354. The van der Waals surface area contributed by atoms with E-state index in [0.29, 0.717) is 0 Å². The summed E-state index contributed by atoms with van der Waals surface area (Å²) >= 11 is 0. The molecule has 0 bridgehead atoms. The van der Waals surface area contributed by atoms with Gasteiger partial charge in [0.05, 0.1) is 0 Å². The van der Waals surface area contributed by atoms with Crippen molar-refractivity contribution in [3.63, 3.8) is 0 Å². The monoisotopic (exact) mass is 624 g/mol. The molecule has 0 aliphatic heterocycles. The normalized spacial score (nSPS) is 0. The van der Waals surface area contributed by atoms with E-state index in [4.69, 9.17) is 0 Å². The van der Waals surface area contributed by atoms with E-state index in [-0.39, 0.29) is 122 Å². The minimum absolute atomic E-state index is 0. The third kappa shape index (κ3) is 25.6. The summed E-state index contributed by atoms with van der Waals surface area (Å²) < 4.78 is 0. The van der Waals surface area contributed by atoms with Crippen molar-refractivity contribution in [3.05, 3.63) is 0 Å². The zero-order valence-corrected chi connectivity index (χ0v) is 13.1. The van der Waals surface area contributed by atoms with Crippen LogP contribution in [0.25, 0.3) is 0 Å². The molecule has 0 aliphatic rings. The van der Waals surface area contributed by atoms with E-state index in [1.54, 1.807) is 0 Å². The van der Waals surface area contributed by atoms with Gasteiger partial charge in [-0.1, -0.05) is 0 Å². The summed E-state index contributed by atoms with van der Waals surface area (Å²) in [6, 6.07) is 0. The predicted octanol–water partition coefficient (Wildman–Crippen LogP) is -12.8. The number of rotatable bonds is 0. The fourth-order valence-corrected chi connectivity index (χ4v) is 0. The molecule has 0 saturated heterocycles. The van der Waals surface area contributed by atoms with Crippen LogP contribution in [0, 0.1) is 0 Å². The summed E-state index contributed by atoms with van der Waals surface area (Å²) in [7, 11) is 0. The summed E-state index contributed by atoms with van der Waals surface area (Å²) in [6.45, 7) is 0. The Bertz CT molecular complexity index is 7.51. The van der Waals surface area contributed by atoms with Crippen molar-refractivity contribution in [3.8, 4) is 0 Å². The molecule has 0 atom stereocenters. The van der Waals surface area contributed by atoms with Crippen LogP contribution in [0.2, 0.25) is 0 Å². The predicted molar refractivity (Wildman–Crippen MR) is 3.61 cm³/mol. The van der Waals surface area contributed by atoms with E-state index >= 15 is 0 Å². The van der Waals surface area contributed by atoms with E-state index in [9.17, 15) is 0 Å². The molecule has 6 heavy (non-hydrogen) atoms. The third-order valence-electron chi connectivity index (χ3n) is 0. The van der Waals surface area contributed by atoms with Crippen LogP contribution in [0.5, 0.6) is 0 Å². The smallest absolute Gasteiger partial charge is 1.00 e. The number of hydrogen-bond donors (Lipinski definition) is 0. The first-order chi connectivity index (χ1) is 0. The molecule has 0 rings (SSSR count). The van der Waals surface area contributed by atoms with Crippen molar-refractivity contribution < 1.29 is 122 Å². The maximum absolute atomic E-state index is 0. The van der Waals surface area contributed by atoms with Gasteiger partial charge in [-0.3, -0.25) is 0 Å². The van der Waals surface area contributed by atoms with Crippen molar-refractivity contribution in [2.45, 2.75) is 0 Å². The molecule has 0 aromatic carbocycles. The summed E-state index contributed by atoms with van der Waals surface area (Å²) in [6.07, 6.45) is 0. The largest absolute Gasteiger partial charge is 3.00 e. The van der Waals surface area contributed by atoms with Crippen LogP contribution in [0.3, 0.4) is 0 Å². The van der Waals surface area contributed by atoms with Gasteiger partial charge in [0, 0.05) is 0 Å². The average Bonchev–Trinajstić information content (AvgIpc) is 0. The molecule has 0 aromatic rings. The second-order valence-electron chi connectivity index (χ2n) is 0. The molecule has 6 heteroatoms. The molecular weight excluding hydrogens is 620 g/mol. The van der Waals surface area contributed by atoms with Gasteiger partial charge in [-0.2, -0.15) is 0 Å². The molecule has 0 aromatic heterocycles. The Morgan fingerprint density at radius 1 is 0.500 bits per heavy atom. The van der Waals surface area contributed by atoms with Crippen LogP contribution in [-0.2, 0) is 21.1 Å². The van der Waals surface area contributed by atoms with Crippen LogP contribution in [0.4, 0.5) is 0 Å². The van der Waals surface area contributed by atoms with E-state index in [2.05, 4.69) is 0 Å². The average molecular weight is 622 g/mol. The van der Waals surface area contributed by atoms with E-state index in [1.165, 1.54) is 0 Å². The molecule has 0 heterocycles. The van der Waals surface area contributed by atoms with Crippen molar-refractivity contribution in [2.24, 2.45) is 0 Å². The summed E-state index contributed by atoms with van der Waals surface area (Å²) in [5.41, 5.74) is 0. The summed E-state index contributed by atoms with van der Waals surface area (Å²) in [5, 5.41) is 0. The zero-order chi connectivity index (χ0) is 0. The molecule has 0 spiro atoms. The number of hydrogen-bond acceptors (Lipinski definition) is 0. The standard InChI is InChI=1S/4HI.Mo.H2O/h4*1H;;1H2/q;;;;+3;/p-4. The quantitative estimate of drug-likeness (QED) is 0.190. The second-order valence-corrected chi connectivity index (χ2v) is 0. The van der Waals surface area contributed by atoms with Crippen molar-refractivity contribution >= 4 is 0 Å². The Labute approximate surface area is 120 Å². The Balaban J connectivity index is 0. The van der Waals surface area contributed by atoms with Gasteiger partial charge in [-0.25, -0.2) is 0 Å². The maximum atomic E-state index is 0. The first kappa shape index (κ1) is 55.2.